The van der Waals surface area contributed by atoms with Gasteiger partial charge in [0.1, 0.15) is 17.4 Å². The first-order valence-corrected chi connectivity index (χ1v) is 11.6. The average Bonchev–Trinajstić information content (AvgIpc) is 2.86. The highest BCUT2D eigenvalue weighted by molar-refractivity contribution is 5.84. The minimum absolute atomic E-state index is 0.151. The molecule has 0 unspecified atom stereocenters. The highest BCUT2D eigenvalue weighted by atomic mass is 19.2. The predicted octanol–water partition coefficient (Wildman–Crippen LogP) is 7.76. The van der Waals surface area contributed by atoms with Gasteiger partial charge in [-0.15, -0.1) is 0 Å². The molecule has 1 nitrogen and oxygen atoms in total. The lowest BCUT2D eigenvalue weighted by atomic mass is 10.1. The van der Waals surface area contributed by atoms with Crippen LogP contribution in [-0.4, -0.2) is 6.61 Å². The van der Waals surface area contributed by atoms with Crippen LogP contribution < -0.4 is 4.74 Å². The van der Waals surface area contributed by atoms with Crippen LogP contribution in [0.15, 0.2) is 66.7 Å². The van der Waals surface area contributed by atoms with Crippen molar-refractivity contribution < 1.29 is 22.3 Å². The van der Waals surface area contributed by atoms with Crippen molar-refractivity contribution in [2.24, 2.45) is 0 Å². The van der Waals surface area contributed by atoms with Gasteiger partial charge in [0.15, 0.2) is 11.6 Å². The monoisotopic (exact) mass is 486 g/mol. The Hall–Kier alpha value is -4.22. The molecule has 0 fully saturated rings. The van der Waals surface area contributed by atoms with Crippen LogP contribution in [0.1, 0.15) is 48.4 Å². The topological polar surface area (TPSA) is 9.23 Å². The highest BCUT2D eigenvalue weighted by Gasteiger charge is 2.10. The summed E-state index contributed by atoms with van der Waals surface area (Å²) in [5.74, 6) is 8.13. The zero-order chi connectivity index (χ0) is 25.5. The minimum atomic E-state index is -0.907. The van der Waals surface area contributed by atoms with E-state index in [1.165, 1.54) is 0 Å². The largest absolute Gasteiger partial charge is 0.493 e. The molecule has 0 radical (unpaired) electrons. The molecule has 0 aliphatic carbocycles. The van der Waals surface area contributed by atoms with Crippen LogP contribution in [0.2, 0.25) is 0 Å². The molecule has 0 N–H and O–H groups in total. The Bertz CT molecular complexity index is 1490. The molecule has 0 saturated heterocycles. The zero-order valence-electron chi connectivity index (χ0n) is 19.6. The Kier molecular flexibility index (Phi) is 7.93. The summed E-state index contributed by atoms with van der Waals surface area (Å²) < 4.78 is 61.0. The van der Waals surface area contributed by atoms with Crippen molar-refractivity contribution in [1.29, 1.82) is 0 Å². The first-order valence-electron chi connectivity index (χ1n) is 11.6. The van der Waals surface area contributed by atoms with Crippen molar-refractivity contribution in [2.45, 2.75) is 26.2 Å². The lowest BCUT2D eigenvalue weighted by Gasteiger charge is -2.07. The first kappa shape index (κ1) is 24.9. The number of benzene rings is 4. The van der Waals surface area contributed by atoms with Crippen LogP contribution >= 0.6 is 0 Å². The average molecular weight is 487 g/mol. The summed E-state index contributed by atoms with van der Waals surface area (Å²) >= 11 is 0. The molecule has 180 valence electrons. The number of rotatable bonds is 5. The Balaban J connectivity index is 1.46. The maximum atomic E-state index is 14.4. The lowest BCUT2D eigenvalue weighted by Crippen LogP contribution is -1.99. The summed E-state index contributed by atoms with van der Waals surface area (Å²) in [5.41, 5.74) is 1.61. The molecular formula is C31H22F4O. The fourth-order valence-electron chi connectivity index (χ4n) is 3.53. The van der Waals surface area contributed by atoms with E-state index in [0.29, 0.717) is 34.1 Å². The molecule has 0 atom stereocenters. The van der Waals surface area contributed by atoms with E-state index < -0.39 is 23.3 Å². The normalized spacial score (nSPS) is 10.4. The Morgan fingerprint density at radius 2 is 1.14 bits per heavy atom. The van der Waals surface area contributed by atoms with Crippen molar-refractivity contribution in [3.05, 3.63) is 112 Å². The number of hydrogen-bond acceptors (Lipinski definition) is 1. The van der Waals surface area contributed by atoms with Gasteiger partial charge in [-0.25, -0.2) is 17.6 Å². The third kappa shape index (κ3) is 6.26. The number of halogens is 4. The predicted molar refractivity (Wildman–Crippen MR) is 134 cm³/mol. The summed E-state index contributed by atoms with van der Waals surface area (Å²) in [6, 6.07) is 16.6. The lowest BCUT2D eigenvalue weighted by molar-refractivity contribution is 0.303. The molecule has 0 heterocycles. The number of hydrogen-bond donors (Lipinski definition) is 0. The maximum Gasteiger partial charge on any atom is 0.159 e. The minimum Gasteiger partial charge on any atom is -0.493 e. The highest BCUT2D eigenvalue weighted by Crippen LogP contribution is 2.21. The van der Waals surface area contributed by atoms with Crippen LogP contribution in [0.5, 0.6) is 5.75 Å². The molecular weight excluding hydrogens is 464 g/mol. The van der Waals surface area contributed by atoms with Gasteiger partial charge in [0.05, 0.1) is 12.2 Å². The summed E-state index contributed by atoms with van der Waals surface area (Å²) in [5, 5.41) is 1.14. The van der Waals surface area contributed by atoms with Gasteiger partial charge in [-0.1, -0.05) is 49.5 Å². The van der Waals surface area contributed by atoms with E-state index in [4.69, 9.17) is 4.74 Å². The molecule has 4 aromatic rings. The fraction of sp³-hybridized carbons (Fsp3) is 0.161. The number of ether oxygens (including phenoxy) is 1. The SMILES string of the molecule is CCCCCOc1cc(F)c(C#Cc2ccc(C#Cc3ccc4cc(F)c(F)cc4c3)cc2)c(F)c1. The first-order chi connectivity index (χ1) is 17.4. The van der Waals surface area contributed by atoms with E-state index >= 15 is 0 Å². The van der Waals surface area contributed by atoms with Crippen molar-refractivity contribution in [1.82, 2.24) is 0 Å². The van der Waals surface area contributed by atoms with Crippen molar-refractivity contribution >= 4 is 10.8 Å². The molecule has 0 aliphatic rings. The van der Waals surface area contributed by atoms with Gasteiger partial charge in [-0.05, 0) is 65.7 Å². The van der Waals surface area contributed by atoms with Gasteiger partial charge < -0.3 is 4.74 Å². The van der Waals surface area contributed by atoms with Gasteiger partial charge >= 0.3 is 0 Å². The summed E-state index contributed by atoms with van der Waals surface area (Å²) in [7, 11) is 0. The quantitative estimate of drug-likeness (QED) is 0.159. The van der Waals surface area contributed by atoms with E-state index in [-0.39, 0.29) is 11.3 Å². The van der Waals surface area contributed by atoms with E-state index in [1.54, 1.807) is 42.5 Å². The van der Waals surface area contributed by atoms with Gasteiger partial charge in [-0.2, -0.15) is 0 Å². The van der Waals surface area contributed by atoms with Crippen LogP contribution in [0, 0.1) is 47.0 Å². The second-order valence-corrected chi connectivity index (χ2v) is 8.22. The molecule has 5 heteroatoms. The molecule has 4 rings (SSSR count). The van der Waals surface area contributed by atoms with Crippen molar-refractivity contribution in [3.63, 3.8) is 0 Å². The van der Waals surface area contributed by atoms with Crippen molar-refractivity contribution in [3.8, 4) is 29.4 Å². The molecule has 0 spiro atoms. The second kappa shape index (κ2) is 11.5. The Morgan fingerprint density at radius 1 is 0.583 bits per heavy atom. The van der Waals surface area contributed by atoms with E-state index in [1.807, 2.05) is 0 Å². The zero-order valence-corrected chi connectivity index (χ0v) is 19.6. The molecule has 36 heavy (non-hydrogen) atoms. The molecule has 0 aliphatic heterocycles. The summed E-state index contributed by atoms with van der Waals surface area (Å²) in [6.45, 7) is 2.47. The third-order valence-electron chi connectivity index (χ3n) is 5.48. The van der Waals surface area contributed by atoms with E-state index in [0.717, 1.165) is 43.5 Å². The van der Waals surface area contributed by atoms with Crippen LogP contribution in [0.3, 0.4) is 0 Å². The summed E-state index contributed by atoms with van der Waals surface area (Å²) in [6.07, 6.45) is 2.85. The fourth-order valence-corrected chi connectivity index (χ4v) is 3.53. The standard InChI is InChI=1S/C31H22F4O/c1-2-3-4-15-36-26-19-28(32)27(29(33)20-26)14-12-22-7-5-21(6-8-22)9-10-23-11-13-24-17-30(34)31(35)18-25(24)16-23/h5-8,11,13,16-20H,2-4,15H2,1H3. The Labute approximate surface area is 207 Å². The number of fused-ring (bicyclic) bond motifs is 1. The molecule has 0 bridgehead atoms. The maximum absolute atomic E-state index is 14.4. The third-order valence-corrected chi connectivity index (χ3v) is 5.48. The van der Waals surface area contributed by atoms with Gasteiger partial charge in [0.25, 0.3) is 0 Å². The van der Waals surface area contributed by atoms with Crippen LogP contribution in [0.25, 0.3) is 10.8 Å². The summed E-state index contributed by atoms with van der Waals surface area (Å²) in [4.78, 5) is 0. The molecule has 0 aromatic heterocycles. The van der Waals surface area contributed by atoms with Gasteiger partial charge in [-0.3, -0.25) is 0 Å². The van der Waals surface area contributed by atoms with Gasteiger partial charge in [0.2, 0.25) is 0 Å². The van der Waals surface area contributed by atoms with E-state index in [9.17, 15) is 17.6 Å². The molecule has 0 amide bonds. The second-order valence-electron chi connectivity index (χ2n) is 8.22. The van der Waals surface area contributed by atoms with E-state index in [2.05, 4.69) is 30.6 Å². The molecule has 0 saturated carbocycles. The Morgan fingerprint density at radius 3 is 1.78 bits per heavy atom. The van der Waals surface area contributed by atoms with Crippen LogP contribution in [0.4, 0.5) is 17.6 Å². The number of unbranched alkanes of at least 4 members (excludes halogenated alkanes) is 2. The molecule has 4 aromatic carbocycles. The van der Waals surface area contributed by atoms with Gasteiger partial charge in [0, 0.05) is 28.8 Å². The van der Waals surface area contributed by atoms with Crippen molar-refractivity contribution in [2.75, 3.05) is 6.61 Å². The van der Waals surface area contributed by atoms with Crippen LogP contribution in [-0.2, 0) is 0 Å². The smallest absolute Gasteiger partial charge is 0.159 e.